The van der Waals surface area contributed by atoms with Crippen LogP contribution in [0.1, 0.15) is 25.7 Å². The van der Waals surface area contributed by atoms with Gasteiger partial charge < -0.3 is 9.47 Å². The van der Waals surface area contributed by atoms with E-state index < -0.39 is 0 Å². The van der Waals surface area contributed by atoms with Crippen molar-refractivity contribution in [3.63, 3.8) is 0 Å². The summed E-state index contributed by atoms with van der Waals surface area (Å²) in [6.07, 6.45) is 3.97. The standard InChI is InChI=1S/C11H17NO2/c12-5-1-4-11(8-14-9-11)10-2-6-13-7-3-10/h10H,1-4,6-9H2. The van der Waals surface area contributed by atoms with Crippen LogP contribution in [0.25, 0.3) is 0 Å². The quantitative estimate of drug-likeness (QED) is 0.688. The largest absolute Gasteiger partial charge is 0.381 e. The molecule has 0 aromatic heterocycles. The van der Waals surface area contributed by atoms with Gasteiger partial charge in [-0.2, -0.15) is 5.26 Å². The molecule has 0 saturated carbocycles. The van der Waals surface area contributed by atoms with Gasteiger partial charge in [-0.25, -0.2) is 0 Å². The molecule has 0 aromatic carbocycles. The fraction of sp³-hybridized carbons (Fsp3) is 0.909. The Morgan fingerprint density at radius 3 is 2.43 bits per heavy atom. The van der Waals surface area contributed by atoms with Crippen LogP contribution in [0, 0.1) is 22.7 Å². The molecule has 2 aliphatic heterocycles. The van der Waals surface area contributed by atoms with Crippen LogP contribution < -0.4 is 0 Å². The second-order valence-corrected chi connectivity index (χ2v) is 4.40. The minimum atomic E-state index is 0.319. The number of hydrogen-bond donors (Lipinski definition) is 0. The molecule has 2 fully saturated rings. The molecular weight excluding hydrogens is 178 g/mol. The first kappa shape index (κ1) is 9.95. The molecule has 0 spiro atoms. The summed E-state index contributed by atoms with van der Waals surface area (Å²) in [7, 11) is 0. The molecule has 2 heterocycles. The van der Waals surface area contributed by atoms with Crippen LogP contribution in [0.5, 0.6) is 0 Å². The highest BCUT2D eigenvalue weighted by atomic mass is 16.5. The first-order valence-corrected chi connectivity index (χ1v) is 5.40. The van der Waals surface area contributed by atoms with Gasteiger partial charge in [0.1, 0.15) is 0 Å². The number of ether oxygens (including phenoxy) is 2. The van der Waals surface area contributed by atoms with Crippen LogP contribution in [0.2, 0.25) is 0 Å². The van der Waals surface area contributed by atoms with Crippen LogP contribution in [0.15, 0.2) is 0 Å². The Morgan fingerprint density at radius 2 is 1.93 bits per heavy atom. The van der Waals surface area contributed by atoms with Gasteiger partial charge >= 0.3 is 0 Å². The van der Waals surface area contributed by atoms with E-state index in [-0.39, 0.29) is 0 Å². The second-order valence-electron chi connectivity index (χ2n) is 4.40. The lowest BCUT2D eigenvalue weighted by Gasteiger charge is -2.48. The Balaban J connectivity index is 1.93. The van der Waals surface area contributed by atoms with Gasteiger partial charge in [0, 0.05) is 25.0 Å². The van der Waals surface area contributed by atoms with Gasteiger partial charge in [0.2, 0.25) is 0 Å². The third-order valence-corrected chi connectivity index (χ3v) is 3.60. The van der Waals surface area contributed by atoms with Gasteiger partial charge in [0.15, 0.2) is 0 Å². The summed E-state index contributed by atoms with van der Waals surface area (Å²) in [5, 5.41) is 8.63. The molecule has 2 aliphatic rings. The Labute approximate surface area is 85.0 Å². The van der Waals surface area contributed by atoms with Crippen LogP contribution in [-0.2, 0) is 9.47 Å². The van der Waals surface area contributed by atoms with Crippen molar-refractivity contribution >= 4 is 0 Å². The van der Waals surface area contributed by atoms with Gasteiger partial charge in [-0.15, -0.1) is 0 Å². The average Bonchev–Trinajstić information content (AvgIpc) is 2.18. The Bertz CT molecular complexity index is 224. The Hall–Kier alpha value is -0.590. The second kappa shape index (κ2) is 4.29. The molecule has 0 aromatic rings. The maximum Gasteiger partial charge on any atom is 0.0621 e. The van der Waals surface area contributed by atoms with Crippen LogP contribution >= 0.6 is 0 Å². The maximum absolute atomic E-state index is 8.63. The smallest absolute Gasteiger partial charge is 0.0621 e. The Morgan fingerprint density at radius 1 is 1.21 bits per heavy atom. The summed E-state index contributed by atoms with van der Waals surface area (Å²) >= 11 is 0. The minimum absolute atomic E-state index is 0.319. The van der Waals surface area contributed by atoms with Crippen molar-refractivity contribution in [2.24, 2.45) is 11.3 Å². The van der Waals surface area contributed by atoms with Gasteiger partial charge in [-0.1, -0.05) is 0 Å². The molecule has 0 aliphatic carbocycles. The first-order valence-electron chi connectivity index (χ1n) is 5.40. The van der Waals surface area contributed by atoms with Crippen molar-refractivity contribution in [3.05, 3.63) is 0 Å². The fourth-order valence-electron chi connectivity index (χ4n) is 2.56. The van der Waals surface area contributed by atoms with E-state index in [2.05, 4.69) is 6.07 Å². The fourth-order valence-corrected chi connectivity index (χ4v) is 2.56. The van der Waals surface area contributed by atoms with Gasteiger partial charge in [-0.3, -0.25) is 0 Å². The molecule has 0 amide bonds. The molecule has 0 atom stereocenters. The zero-order valence-electron chi connectivity index (χ0n) is 8.50. The summed E-state index contributed by atoms with van der Waals surface area (Å²) in [5.74, 6) is 0.721. The van der Waals surface area contributed by atoms with E-state index >= 15 is 0 Å². The summed E-state index contributed by atoms with van der Waals surface area (Å²) in [6.45, 7) is 3.50. The minimum Gasteiger partial charge on any atom is -0.381 e. The van der Waals surface area contributed by atoms with Crippen LogP contribution in [0.4, 0.5) is 0 Å². The maximum atomic E-state index is 8.63. The summed E-state index contributed by atoms with van der Waals surface area (Å²) < 4.78 is 10.7. The zero-order valence-corrected chi connectivity index (χ0v) is 8.50. The van der Waals surface area contributed by atoms with Crippen molar-refractivity contribution in [1.29, 1.82) is 5.26 Å². The molecule has 0 bridgehead atoms. The van der Waals surface area contributed by atoms with E-state index in [1.165, 1.54) is 0 Å². The van der Waals surface area contributed by atoms with Gasteiger partial charge in [0.25, 0.3) is 0 Å². The molecule has 0 radical (unpaired) electrons. The van der Waals surface area contributed by atoms with E-state index in [1.807, 2.05) is 0 Å². The predicted molar refractivity (Wildman–Crippen MR) is 51.6 cm³/mol. The van der Waals surface area contributed by atoms with Gasteiger partial charge in [-0.05, 0) is 25.2 Å². The lowest BCUT2D eigenvalue weighted by atomic mass is 9.67. The molecule has 0 N–H and O–H groups in total. The van der Waals surface area contributed by atoms with E-state index in [0.29, 0.717) is 11.8 Å². The SMILES string of the molecule is N#CCCC1(C2CCOCC2)COC1. The molecule has 78 valence electrons. The highest BCUT2D eigenvalue weighted by Crippen LogP contribution is 2.44. The van der Waals surface area contributed by atoms with Crippen molar-refractivity contribution in [2.45, 2.75) is 25.7 Å². The summed E-state index contributed by atoms with van der Waals surface area (Å²) in [5.41, 5.74) is 0.319. The van der Waals surface area contributed by atoms with E-state index in [1.54, 1.807) is 0 Å². The topological polar surface area (TPSA) is 42.2 Å². The van der Waals surface area contributed by atoms with Crippen molar-refractivity contribution in [3.8, 4) is 6.07 Å². The predicted octanol–water partition coefficient (Wildman–Crippen LogP) is 1.73. The van der Waals surface area contributed by atoms with E-state index in [0.717, 1.165) is 51.6 Å². The lowest BCUT2D eigenvalue weighted by Crippen LogP contribution is -2.49. The highest BCUT2D eigenvalue weighted by Gasteiger charge is 2.45. The number of rotatable bonds is 3. The van der Waals surface area contributed by atoms with Crippen LogP contribution in [-0.4, -0.2) is 26.4 Å². The highest BCUT2D eigenvalue weighted by molar-refractivity contribution is 4.94. The number of hydrogen-bond acceptors (Lipinski definition) is 3. The zero-order chi connectivity index (χ0) is 9.86. The van der Waals surface area contributed by atoms with Crippen LogP contribution in [0.3, 0.4) is 0 Å². The lowest BCUT2D eigenvalue weighted by molar-refractivity contribution is -0.165. The van der Waals surface area contributed by atoms with E-state index in [4.69, 9.17) is 14.7 Å². The Kier molecular flexibility index (Phi) is 3.05. The molecular formula is C11H17NO2. The number of nitriles is 1. The molecule has 0 unspecified atom stereocenters. The number of nitrogens with zero attached hydrogens (tertiary/aromatic N) is 1. The normalized spacial score (nSPS) is 26.5. The molecule has 14 heavy (non-hydrogen) atoms. The third kappa shape index (κ3) is 1.77. The van der Waals surface area contributed by atoms with Crippen molar-refractivity contribution in [2.75, 3.05) is 26.4 Å². The summed E-state index contributed by atoms with van der Waals surface area (Å²) in [4.78, 5) is 0. The molecule has 3 nitrogen and oxygen atoms in total. The first-order chi connectivity index (χ1) is 6.87. The van der Waals surface area contributed by atoms with Crippen molar-refractivity contribution < 1.29 is 9.47 Å². The van der Waals surface area contributed by atoms with Crippen molar-refractivity contribution in [1.82, 2.24) is 0 Å². The molecule has 2 saturated heterocycles. The molecule has 2 rings (SSSR count). The monoisotopic (exact) mass is 195 g/mol. The summed E-state index contributed by atoms with van der Waals surface area (Å²) in [6, 6.07) is 2.24. The molecule has 3 heteroatoms. The van der Waals surface area contributed by atoms with E-state index in [9.17, 15) is 0 Å². The third-order valence-electron chi connectivity index (χ3n) is 3.60. The van der Waals surface area contributed by atoms with Gasteiger partial charge in [0.05, 0.1) is 19.3 Å². The average molecular weight is 195 g/mol.